The number of thiazole rings is 1. The van der Waals surface area contributed by atoms with Gasteiger partial charge in [0.05, 0.1) is 12.2 Å². The fourth-order valence-corrected chi connectivity index (χ4v) is 3.15. The van der Waals surface area contributed by atoms with E-state index in [0.717, 1.165) is 23.2 Å². The summed E-state index contributed by atoms with van der Waals surface area (Å²) in [6.07, 6.45) is 0. The molecule has 1 N–H and O–H groups in total. The van der Waals surface area contributed by atoms with Crippen LogP contribution in [-0.4, -0.2) is 29.9 Å². The number of hydrogen-bond acceptors (Lipinski definition) is 3. The van der Waals surface area contributed by atoms with E-state index in [4.69, 9.17) is 0 Å². The Morgan fingerprint density at radius 2 is 2.00 bits per heavy atom. The van der Waals surface area contributed by atoms with E-state index in [9.17, 15) is 0 Å². The molecule has 22 heavy (non-hydrogen) atoms. The van der Waals surface area contributed by atoms with E-state index in [0.29, 0.717) is 6.54 Å². The van der Waals surface area contributed by atoms with Gasteiger partial charge in [0.1, 0.15) is 5.01 Å². The first-order valence-corrected chi connectivity index (χ1v) is 8.22. The molecular weight excluding hydrogens is 292 g/mol. The van der Waals surface area contributed by atoms with Crippen molar-refractivity contribution < 1.29 is 0 Å². The second-order valence-electron chi connectivity index (χ2n) is 5.43. The minimum absolute atomic E-state index is 0.712. The van der Waals surface area contributed by atoms with Crippen molar-refractivity contribution in [1.29, 1.82) is 0 Å². The van der Waals surface area contributed by atoms with Gasteiger partial charge >= 0.3 is 0 Å². The smallest absolute Gasteiger partial charge is 0.194 e. The van der Waals surface area contributed by atoms with E-state index in [1.165, 1.54) is 16.0 Å². The maximum absolute atomic E-state index is 4.56. The predicted octanol–water partition coefficient (Wildman–Crippen LogP) is 3.28. The van der Waals surface area contributed by atoms with Crippen LogP contribution in [0.3, 0.4) is 0 Å². The Balaban J connectivity index is 1.98. The average Bonchev–Trinajstić information content (AvgIpc) is 2.81. The maximum atomic E-state index is 4.56. The van der Waals surface area contributed by atoms with Crippen LogP contribution >= 0.6 is 11.3 Å². The van der Waals surface area contributed by atoms with Gasteiger partial charge in [-0.25, -0.2) is 4.98 Å². The lowest BCUT2D eigenvalue weighted by molar-refractivity contribution is 0.475. The van der Waals surface area contributed by atoms with Crippen molar-refractivity contribution in [2.24, 2.45) is 4.99 Å². The Labute approximate surface area is 136 Å². The molecule has 2 aromatic rings. The van der Waals surface area contributed by atoms with Gasteiger partial charge in [-0.1, -0.05) is 24.3 Å². The van der Waals surface area contributed by atoms with E-state index in [2.05, 4.69) is 72.3 Å². The van der Waals surface area contributed by atoms with E-state index in [1.54, 1.807) is 11.3 Å². The number of nitrogens with one attached hydrogen (secondary N) is 1. The number of benzene rings is 1. The van der Waals surface area contributed by atoms with Crippen LogP contribution in [0, 0.1) is 20.8 Å². The van der Waals surface area contributed by atoms with Crippen molar-refractivity contribution in [1.82, 2.24) is 15.2 Å². The summed E-state index contributed by atoms with van der Waals surface area (Å²) in [4.78, 5) is 12.3. The highest BCUT2D eigenvalue weighted by Crippen LogP contribution is 2.16. The zero-order valence-corrected chi connectivity index (χ0v) is 14.8. The minimum atomic E-state index is 0.712. The average molecular weight is 316 g/mol. The first kappa shape index (κ1) is 16.5. The molecule has 118 valence electrons. The normalized spacial score (nSPS) is 11.6. The molecule has 0 aliphatic rings. The van der Waals surface area contributed by atoms with Crippen LogP contribution in [-0.2, 0) is 13.1 Å². The second-order valence-corrected chi connectivity index (χ2v) is 6.72. The molecule has 0 spiro atoms. The van der Waals surface area contributed by atoms with E-state index >= 15 is 0 Å². The Morgan fingerprint density at radius 3 is 2.59 bits per heavy atom. The summed E-state index contributed by atoms with van der Waals surface area (Å²) >= 11 is 1.74. The molecule has 0 saturated heterocycles. The molecule has 1 heterocycles. The third kappa shape index (κ3) is 4.07. The molecule has 1 aromatic carbocycles. The van der Waals surface area contributed by atoms with Gasteiger partial charge in [-0.05, 0) is 31.9 Å². The fourth-order valence-electron chi connectivity index (χ4n) is 2.27. The van der Waals surface area contributed by atoms with Crippen molar-refractivity contribution in [2.45, 2.75) is 33.9 Å². The standard InChI is InChI=1S/C17H24N4S/c1-12-8-6-7-9-15(12)11-21(5)17(18-4)19-10-16-20-13(2)14(3)22-16/h6-9H,10-11H2,1-5H3,(H,18,19). The summed E-state index contributed by atoms with van der Waals surface area (Å²) in [5.74, 6) is 0.883. The van der Waals surface area contributed by atoms with Crippen LogP contribution in [0.15, 0.2) is 29.3 Å². The van der Waals surface area contributed by atoms with Crippen LogP contribution in [0.2, 0.25) is 0 Å². The van der Waals surface area contributed by atoms with Crippen molar-refractivity contribution >= 4 is 17.3 Å². The summed E-state index contributed by atoms with van der Waals surface area (Å²) < 4.78 is 0. The van der Waals surface area contributed by atoms with E-state index < -0.39 is 0 Å². The molecule has 0 amide bonds. The monoisotopic (exact) mass is 316 g/mol. The Morgan fingerprint density at radius 1 is 1.27 bits per heavy atom. The van der Waals surface area contributed by atoms with Gasteiger partial charge in [-0.15, -0.1) is 11.3 Å². The molecule has 0 bridgehead atoms. The van der Waals surface area contributed by atoms with Gasteiger partial charge in [0.2, 0.25) is 0 Å². The molecule has 0 aliphatic heterocycles. The van der Waals surface area contributed by atoms with E-state index in [1.807, 2.05) is 7.05 Å². The van der Waals surface area contributed by atoms with Gasteiger partial charge in [0.25, 0.3) is 0 Å². The molecule has 5 heteroatoms. The first-order chi connectivity index (χ1) is 10.5. The molecule has 0 unspecified atom stereocenters. The molecule has 1 aromatic heterocycles. The number of aliphatic imine (C=N–C) groups is 1. The number of hydrogen-bond donors (Lipinski definition) is 1. The highest BCUT2D eigenvalue weighted by Gasteiger charge is 2.09. The van der Waals surface area contributed by atoms with Gasteiger partial charge in [-0.2, -0.15) is 0 Å². The van der Waals surface area contributed by atoms with Crippen molar-refractivity contribution in [3.05, 3.63) is 51.0 Å². The lowest BCUT2D eigenvalue weighted by Crippen LogP contribution is -2.38. The summed E-state index contributed by atoms with van der Waals surface area (Å²) in [5, 5.41) is 4.49. The van der Waals surface area contributed by atoms with Gasteiger partial charge < -0.3 is 10.2 Å². The van der Waals surface area contributed by atoms with Crippen molar-refractivity contribution in [2.75, 3.05) is 14.1 Å². The number of aromatic nitrogens is 1. The lowest BCUT2D eigenvalue weighted by Gasteiger charge is -2.22. The topological polar surface area (TPSA) is 40.5 Å². The molecular formula is C17H24N4S. The Kier molecular flexibility index (Phi) is 5.55. The second kappa shape index (κ2) is 7.40. The summed E-state index contributed by atoms with van der Waals surface area (Å²) in [6.45, 7) is 7.84. The third-order valence-electron chi connectivity index (χ3n) is 3.71. The van der Waals surface area contributed by atoms with Crippen molar-refractivity contribution in [3.8, 4) is 0 Å². The maximum Gasteiger partial charge on any atom is 0.194 e. The Hall–Kier alpha value is -1.88. The van der Waals surface area contributed by atoms with Crippen LogP contribution in [0.5, 0.6) is 0 Å². The quantitative estimate of drug-likeness (QED) is 0.695. The SMILES string of the molecule is CN=C(NCc1nc(C)c(C)s1)N(C)Cc1ccccc1C. The van der Waals surface area contributed by atoms with Crippen LogP contribution in [0.4, 0.5) is 0 Å². The zero-order valence-electron chi connectivity index (χ0n) is 14.0. The number of nitrogens with zero attached hydrogens (tertiary/aromatic N) is 3. The molecule has 2 rings (SSSR count). The fraction of sp³-hybridized carbons (Fsp3) is 0.412. The summed E-state index contributed by atoms with van der Waals surface area (Å²) in [7, 11) is 3.87. The van der Waals surface area contributed by atoms with Gasteiger partial charge in [-0.3, -0.25) is 4.99 Å². The highest BCUT2D eigenvalue weighted by atomic mass is 32.1. The summed E-state index contributed by atoms with van der Waals surface area (Å²) in [5.41, 5.74) is 3.73. The minimum Gasteiger partial charge on any atom is -0.350 e. The summed E-state index contributed by atoms with van der Waals surface area (Å²) in [6, 6.07) is 8.44. The number of rotatable bonds is 4. The molecule has 0 aliphatic carbocycles. The first-order valence-electron chi connectivity index (χ1n) is 7.40. The highest BCUT2D eigenvalue weighted by molar-refractivity contribution is 7.11. The molecule has 0 saturated carbocycles. The molecule has 4 nitrogen and oxygen atoms in total. The molecule has 0 radical (unpaired) electrons. The van der Waals surface area contributed by atoms with Crippen LogP contribution in [0.1, 0.15) is 26.7 Å². The van der Waals surface area contributed by atoms with Crippen molar-refractivity contribution in [3.63, 3.8) is 0 Å². The van der Waals surface area contributed by atoms with Crippen LogP contribution in [0.25, 0.3) is 0 Å². The molecule has 0 fully saturated rings. The molecule has 0 atom stereocenters. The van der Waals surface area contributed by atoms with E-state index in [-0.39, 0.29) is 0 Å². The number of aryl methyl sites for hydroxylation is 3. The predicted molar refractivity (Wildman–Crippen MR) is 94.4 cm³/mol. The number of guanidine groups is 1. The zero-order chi connectivity index (χ0) is 16.1. The van der Waals surface area contributed by atoms with Gasteiger partial charge in [0.15, 0.2) is 5.96 Å². The largest absolute Gasteiger partial charge is 0.350 e. The van der Waals surface area contributed by atoms with Crippen LogP contribution < -0.4 is 5.32 Å². The Bertz CT molecular complexity index is 641. The third-order valence-corrected chi connectivity index (χ3v) is 4.79. The lowest BCUT2D eigenvalue weighted by atomic mass is 10.1. The van der Waals surface area contributed by atoms with Gasteiger partial charge in [0, 0.05) is 25.5 Å².